The molecule has 3 amide bonds. The normalized spacial score (nSPS) is 14.8. The van der Waals surface area contributed by atoms with Crippen LogP contribution in [0.2, 0.25) is 0 Å². The van der Waals surface area contributed by atoms with E-state index in [2.05, 4.69) is 5.32 Å². The standard InChI is InChI=1S/C10H10N2O3.C2H6/c13-8-3-1-7(2-4-8)12-6-5-9(14)11-10(12)15;1-2/h1-4,13H,5-6H2,(H,11,14,15);1-2H3. The Hall–Kier alpha value is -2.04. The van der Waals surface area contributed by atoms with Crippen molar-refractivity contribution < 1.29 is 14.7 Å². The molecule has 0 bridgehead atoms. The number of benzene rings is 1. The van der Waals surface area contributed by atoms with Crippen LogP contribution in [0.25, 0.3) is 0 Å². The van der Waals surface area contributed by atoms with Gasteiger partial charge in [-0.15, -0.1) is 0 Å². The van der Waals surface area contributed by atoms with E-state index >= 15 is 0 Å². The number of aromatic hydroxyl groups is 1. The summed E-state index contributed by atoms with van der Waals surface area (Å²) in [5.74, 6) is -0.109. The van der Waals surface area contributed by atoms with Crippen LogP contribution in [0.3, 0.4) is 0 Å². The molecule has 92 valence electrons. The fourth-order valence-corrected chi connectivity index (χ4v) is 1.44. The maximum absolute atomic E-state index is 11.4. The Balaban J connectivity index is 0.000000686. The SMILES string of the molecule is CC.O=C1CCN(c2ccc(O)cc2)C(=O)N1. The van der Waals surface area contributed by atoms with E-state index in [4.69, 9.17) is 5.11 Å². The van der Waals surface area contributed by atoms with Crippen LogP contribution in [-0.4, -0.2) is 23.6 Å². The predicted molar refractivity (Wildman–Crippen MR) is 65.0 cm³/mol. The topological polar surface area (TPSA) is 69.6 Å². The Kier molecular flexibility index (Phi) is 4.51. The number of urea groups is 1. The van der Waals surface area contributed by atoms with Gasteiger partial charge in [-0.1, -0.05) is 13.8 Å². The van der Waals surface area contributed by atoms with Crippen molar-refractivity contribution >= 4 is 17.6 Å². The molecule has 1 aliphatic heterocycles. The second kappa shape index (κ2) is 5.89. The summed E-state index contributed by atoms with van der Waals surface area (Å²) in [6, 6.07) is 5.84. The largest absolute Gasteiger partial charge is 0.508 e. The monoisotopic (exact) mass is 236 g/mol. The van der Waals surface area contributed by atoms with Gasteiger partial charge in [-0.05, 0) is 24.3 Å². The number of carbonyl (C=O) groups is 2. The van der Waals surface area contributed by atoms with Gasteiger partial charge in [-0.3, -0.25) is 15.0 Å². The molecule has 1 fully saturated rings. The second-order valence-electron chi connectivity index (χ2n) is 3.27. The zero-order chi connectivity index (χ0) is 12.8. The minimum atomic E-state index is -0.420. The van der Waals surface area contributed by atoms with Gasteiger partial charge < -0.3 is 5.11 Å². The van der Waals surface area contributed by atoms with E-state index in [-0.39, 0.29) is 11.7 Å². The molecule has 2 N–H and O–H groups in total. The Labute approximate surface area is 100 Å². The molecular formula is C12H16N2O3. The van der Waals surface area contributed by atoms with Crippen molar-refractivity contribution in [2.45, 2.75) is 20.3 Å². The molecule has 0 saturated carbocycles. The minimum absolute atomic E-state index is 0.146. The Morgan fingerprint density at radius 1 is 1.18 bits per heavy atom. The average molecular weight is 236 g/mol. The first kappa shape index (κ1) is 13.0. The summed E-state index contributed by atoms with van der Waals surface area (Å²) < 4.78 is 0. The van der Waals surface area contributed by atoms with Crippen molar-refractivity contribution in [3.05, 3.63) is 24.3 Å². The van der Waals surface area contributed by atoms with Crippen LogP contribution in [-0.2, 0) is 4.79 Å². The highest BCUT2D eigenvalue weighted by Crippen LogP contribution is 2.19. The lowest BCUT2D eigenvalue weighted by Gasteiger charge is -2.26. The summed E-state index contributed by atoms with van der Waals surface area (Å²) in [6.07, 6.45) is 0.298. The average Bonchev–Trinajstić information content (AvgIpc) is 2.33. The van der Waals surface area contributed by atoms with Crippen LogP contribution in [0.5, 0.6) is 5.75 Å². The highest BCUT2D eigenvalue weighted by atomic mass is 16.3. The minimum Gasteiger partial charge on any atom is -0.508 e. The fourth-order valence-electron chi connectivity index (χ4n) is 1.44. The van der Waals surface area contributed by atoms with Crippen molar-refractivity contribution in [2.75, 3.05) is 11.4 Å². The number of hydrogen-bond acceptors (Lipinski definition) is 3. The molecule has 0 spiro atoms. The first-order valence-electron chi connectivity index (χ1n) is 5.57. The molecule has 1 aliphatic rings. The van der Waals surface area contributed by atoms with Gasteiger partial charge in [0.15, 0.2) is 0 Å². The van der Waals surface area contributed by atoms with E-state index < -0.39 is 6.03 Å². The van der Waals surface area contributed by atoms with Crippen molar-refractivity contribution in [2.24, 2.45) is 0 Å². The summed E-state index contributed by atoms with van der Waals surface area (Å²) in [5.41, 5.74) is 0.665. The highest BCUT2D eigenvalue weighted by Gasteiger charge is 2.23. The van der Waals surface area contributed by atoms with Gasteiger partial charge >= 0.3 is 6.03 Å². The van der Waals surface area contributed by atoms with E-state index in [0.717, 1.165) is 0 Å². The first-order chi connectivity index (χ1) is 8.16. The van der Waals surface area contributed by atoms with Gasteiger partial charge in [0, 0.05) is 18.7 Å². The maximum Gasteiger partial charge on any atom is 0.328 e. The third-order valence-electron chi connectivity index (χ3n) is 2.22. The number of phenolic OH excluding ortho intramolecular Hbond substituents is 1. The van der Waals surface area contributed by atoms with E-state index in [1.807, 2.05) is 13.8 Å². The molecule has 1 aromatic carbocycles. The van der Waals surface area contributed by atoms with Crippen LogP contribution in [0, 0.1) is 0 Å². The molecule has 0 atom stereocenters. The number of amides is 3. The second-order valence-corrected chi connectivity index (χ2v) is 3.27. The lowest BCUT2D eigenvalue weighted by molar-refractivity contribution is -0.120. The number of carbonyl (C=O) groups excluding carboxylic acids is 2. The van der Waals surface area contributed by atoms with E-state index in [0.29, 0.717) is 18.7 Å². The lowest BCUT2D eigenvalue weighted by Crippen LogP contribution is -2.49. The number of anilines is 1. The molecule has 0 aromatic heterocycles. The number of hydrogen-bond donors (Lipinski definition) is 2. The van der Waals surface area contributed by atoms with Crippen molar-refractivity contribution in [1.29, 1.82) is 0 Å². The molecule has 1 saturated heterocycles. The number of nitrogens with one attached hydrogen (secondary N) is 1. The third-order valence-corrected chi connectivity index (χ3v) is 2.22. The van der Waals surface area contributed by atoms with E-state index in [1.165, 1.54) is 17.0 Å². The number of rotatable bonds is 1. The maximum atomic E-state index is 11.4. The smallest absolute Gasteiger partial charge is 0.328 e. The van der Waals surface area contributed by atoms with Crippen LogP contribution in [0.15, 0.2) is 24.3 Å². The molecule has 5 heteroatoms. The summed E-state index contributed by atoms with van der Waals surface area (Å²) in [6.45, 7) is 4.37. The molecule has 0 unspecified atom stereocenters. The molecule has 0 radical (unpaired) electrons. The van der Waals surface area contributed by atoms with Crippen LogP contribution in [0.4, 0.5) is 10.5 Å². The van der Waals surface area contributed by atoms with E-state index in [1.54, 1.807) is 12.1 Å². The van der Waals surface area contributed by atoms with E-state index in [9.17, 15) is 9.59 Å². The number of phenols is 1. The summed E-state index contributed by atoms with van der Waals surface area (Å²) in [4.78, 5) is 23.8. The Morgan fingerprint density at radius 3 is 2.29 bits per heavy atom. The summed E-state index contributed by atoms with van der Waals surface area (Å²) >= 11 is 0. The van der Waals surface area contributed by atoms with Gasteiger partial charge in [0.2, 0.25) is 5.91 Å². The lowest BCUT2D eigenvalue weighted by atomic mass is 10.2. The van der Waals surface area contributed by atoms with Gasteiger partial charge in [-0.2, -0.15) is 0 Å². The zero-order valence-electron chi connectivity index (χ0n) is 9.93. The van der Waals surface area contributed by atoms with Gasteiger partial charge in [0.25, 0.3) is 0 Å². The highest BCUT2D eigenvalue weighted by molar-refractivity contribution is 6.05. The summed E-state index contributed by atoms with van der Waals surface area (Å²) in [7, 11) is 0. The molecule has 0 aliphatic carbocycles. The molecule has 2 rings (SSSR count). The van der Waals surface area contributed by atoms with Gasteiger partial charge in [0.1, 0.15) is 5.75 Å². The molecular weight excluding hydrogens is 220 g/mol. The zero-order valence-corrected chi connectivity index (χ0v) is 9.93. The Morgan fingerprint density at radius 2 is 1.76 bits per heavy atom. The van der Waals surface area contributed by atoms with Crippen molar-refractivity contribution in [3.8, 4) is 5.75 Å². The number of imide groups is 1. The molecule has 5 nitrogen and oxygen atoms in total. The van der Waals surface area contributed by atoms with Crippen molar-refractivity contribution in [3.63, 3.8) is 0 Å². The fraction of sp³-hybridized carbons (Fsp3) is 0.333. The predicted octanol–water partition coefficient (Wildman–Crippen LogP) is 1.86. The quantitative estimate of drug-likeness (QED) is 0.782. The molecule has 1 heterocycles. The first-order valence-corrected chi connectivity index (χ1v) is 5.57. The molecule has 17 heavy (non-hydrogen) atoms. The third kappa shape index (κ3) is 3.21. The van der Waals surface area contributed by atoms with Crippen LogP contribution >= 0.6 is 0 Å². The summed E-state index contributed by atoms with van der Waals surface area (Å²) in [5, 5.41) is 11.3. The van der Waals surface area contributed by atoms with Crippen LogP contribution in [0.1, 0.15) is 20.3 Å². The van der Waals surface area contributed by atoms with Crippen molar-refractivity contribution in [1.82, 2.24) is 5.32 Å². The van der Waals surface area contributed by atoms with Gasteiger partial charge in [0.05, 0.1) is 0 Å². The number of nitrogens with zero attached hydrogens (tertiary/aromatic N) is 1. The van der Waals surface area contributed by atoms with Crippen LogP contribution < -0.4 is 10.2 Å². The molecule has 1 aromatic rings. The Bertz CT molecular complexity index is 401. The van der Waals surface area contributed by atoms with Gasteiger partial charge in [-0.25, -0.2) is 4.79 Å².